The summed E-state index contributed by atoms with van der Waals surface area (Å²) in [7, 11) is 0. The minimum Gasteiger partial charge on any atom is -0.320 e. The van der Waals surface area contributed by atoms with Gasteiger partial charge in [0.25, 0.3) is 0 Å². The molecule has 0 bridgehead atoms. The van der Waals surface area contributed by atoms with Gasteiger partial charge >= 0.3 is 0 Å². The van der Waals surface area contributed by atoms with Crippen LogP contribution >= 0.6 is 11.6 Å². The lowest BCUT2D eigenvalue weighted by Crippen LogP contribution is -2.14. The van der Waals surface area contributed by atoms with Gasteiger partial charge in [0.2, 0.25) is 0 Å². The number of aryl methyl sites for hydroxylation is 1. The van der Waals surface area contributed by atoms with E-state index in [0.29, 0.717) is 16.1 Å². The molecule has 88 valence electrons. The monoisotopic (exact) mass is 249 g/mol. The fourth-order valence-electron chi connectivity index (χ4n) is 1.81. The number of halogens is 2. The normalized spacial score (nSPS) is 12.5. The van der Waals surface area contributed by atoms with Gasteiger partial charge in [0.05, 0.1) is 6.04 Å². The molecule has 0 saturated carbocycles. The van der Waals surface area contributed by atoms with Crippen LogP contribution in [0.2, 0.25) is 5.02 Å². The second-order valence-electron chi connectivity index (χ2n) is 3.98. The van der Waals surface area contributed by atoms with Crippen molar-refractivity contribution in [3.05, 3.63) is 70.0 Å². The highest BCUT2D eigenvalue weighted by molar-refractivity contribution is 6.31. The van der Waals surface area contributed by atoms with Crippen molar-refractivity contribution in [3.63, 3.8) is 0 Å². The fourth-order valence-corrected chi connectivity index (χ4v) is 2.06. The topological polar surface area (TPSA) is 26.0 Å². The molecule has 0 fully saturated rings. The minimum absolute atomic E-state index is 0.264. The third-order valence-electron chi connectivity index (χ3n) is 2.80. The average molecular weight is 250 g/mol. The van der Waals surface area contributed by atoms with Gasteiger partial charge in [-0.15, -0.1) is 0 Å². The number of rotatable bonds is 2. The summed E-state index contributed by atoms with van der Waals surface area (Å²) >= 11 is 6.06. The molecule has 3 heteroatoms. The average Bonchev–Trinajstić information content (AvgIpc) is 2.32. The fraction of sp³-hybridized carbons (Fsp3) is 0.143. The highest BCUT2D eigenvalue weighted by Gasteiger charge is 2.16. The Morgan fingerprint density at radius 1 is 1.06 bits per heavy atom. The molecular weight excluding hydrogens is 237 g/mol. The molecular formula is C14H13ClFN. The van der Waals surface area contributed by atoms with Crippen LogP contribution < -0.4 is 5.73 Å². The van der Waals surface area contributed by atoms with E-state index in [0.717, 1.165) is 5.56 Å². The van der Waals surface area contributed by atoms with E-state index in [-0.39, 0.29) is 5.82 Å². The molecule has 0 radical (unpaired) electrons. The van der Waals surface area contributed by atoms with Crippen molar-refractivity contribution < 1.29 is 4.39 Å². The molecule has 2 rings (SSSR count). The van der Waals surface area contributed by atoms with E-state index in [4.69, 9.17) is 17.3 Å². The van der Waals surface area contributed by atoms with Gasteiger partial charge in [0, 0.05) is 10.6 Å². The molecule has 2 aromatic rings. The SMILES string of the molecule is Cc1cccc(C(N)c2ccccc2Cl)c1F. The minimum atomic E-state index is -0.538. The van der Waals surface area contributed by atoms with Gasteiger partial charge in [-0.1, -0.05) is 48.0 Å². The molecule has 0 spiro atoms. The summed E-state index contributed by atoms with van der Waals surface area (Å²) in [4.78, 5) is 0. The zero-order chi connectivity index (χ0) is 12.4. The van der Waals surface area contributed by atoms with Gasteiger partial charge < -0.3 is 5.73 Å². The third-order valence-corrected chi connectivity index (χ3v) is 3.14. The highest BCUT2D eigenvalue weighted by atomic mass is 35.5. The second kappa shape index (κ2) is 4.86. The van der Waals surface area contributed by atoms with E-state index >= 15 is 0 Å². The van der Waals surface area contributed by atoms with E-state index in [2.05, 4.69) is 0 Å². The van der Waals surface area contributed by atoms with Crippen LogP contribution in [0.15, 0.2) is 42.5 Å². The number of hydrogen-bond acceptors (Lipinski definition) is 1. The Hall–Kier alpha value is -1.38. The molecule has 1 atom stereocenters. The van der Waals surface area contributed by atoms with E-state index in [1.54, 1.807) is 31.2 Å². The zero-order valence-electron chi connectivity index (χ0n) is 9.45. The third kappa shape index (κ3) is 2.33. The molecule has 0 aliphatic heterocycles. The van der Waals surface area contributed by atoms with Gasteiger partial charge in [-0.3, -0.25) is 0 Å². The van der Waals surface area contributed by atoms with Gasteiger partial charge in [-0.05, 0) is 24.1 Å². The van der Waals surface area contributed by atoms with Crippen LogP contribution in [0.4, 0.5) is 4.39 Å². The lowest BCUT2D eigenvalue weighted by Gasteiger charge is -2.15. The Labute approximate surface area is 105 Å². The van der Waals surface area contributed by atoms with Crippen molar-refractivity contribution in [2.24, 2.45) is 5.73 Å². The predicted octanol–water partition coefficient (Wildman–Crippen LogP) is 3.84. The summed E-state index contributed by atoms with van der Waals surface area (Å²) in [6.45, 7) is 1.72. The maximum absolute atomic E-state index is 13.9. The van der Waals surface area contributed by atoms with Crippen LogP contribution in [-0.4, -0.2) is 0 Å². The van der Waals surface area contributed by atoms with Crippen molar-refractivity contribution >= 4 is 11.6 Å². The Kier molecular flexibility index (Phi) is 3.46. The standard InChI is InChI=1S/C14H13ClFN/c1-9-5-4-7-11(13(9)16)14(17)10-6-2-3-8-12(10)15/h2-8,14H,17H2,1H3. The lowest BCUT2D eigenvalue weighted by molar-refractivity contribution is 0.591. The second-order valence-corrected chi connectivity index (χ2v) is 4.38. The van der Waals surface area contributed by atoms with Crippen LogP contribution in [0, 0.1) is 12.7 Å². The van der Waals surface area contributed by atoms with E-state index < -0.39 is 6.04 Å². The van der Waals surface area contributed by atoms with Gasteiger partial charge in [-0.25, -0.2) is 4.39 Å². The first-order chi connectivity index (χ1) is 8.11. The summed E-state index contributed by atoms with van der Waals surface area (Å²) in [6.07, 6.45) is 0. The first-order valence-corrected chi connectivity index (χ1v) is 5.74. The Balaban J connectivity index is 2.48. The van der Waals surface area contributed by atoms with E-state index in [1.807, 2.05) is 18.2 Å². The molecule has 1 unspecified atom stereocenters. The van der Waals surface area contributed by atoms with Crippen LogP contribution in [0.1, 0.15) is 22.7 Å². The molecule has 2 N–H and O–H groups in total. The molecule has 0 aliphatic carbocycles. The van der Waals surface area contributed by atoms with Crippen molar-refractivity contribution in [2.45, 2.75) is 13.0 Å². The number of nitrogens with two attached hydrogens (primary N) is 1. The first kappa shape index (κ1) is 12.1. The molecule has 2 aromatic carbocycles. The highest BCUT2D eigenvalue weighted by Crippen LogP contribution is 2.28. The van der Waals surface area contributed by atoms with Crippen molar-refractivity contribution in [1.29, 1.82) is 0 Å². The summed E-state index contributed by atoms with van der Waals surface area (Å²) < 4.78 is 13.9. The molecule has 0 aliphatic rings. The molecule has 0 aromatic heterocycles. The predicted molar refractivity (Wildman–Crippen MR) is 68.6 cm³/mol. The molecule has 1 nitrogen and oxygen atoms in total. The number of benzene rings is 2. The number of hydrogen-bond donors (Lipinski definition) is 1. The lowest BCUT2D eigenvalue weighted by atomic mass is 9.97. The van der Waals surface area contributed by atoms with Crippen LogP contribution in [-0.2, 0) is 0 Å². The zero-order valence-corrected chi connectivity index (χ0v) is 10.2. The van der Waals surface area contributed by atoms with Gasteiger partial charge in [0.1, 0.15) is 5.82 Å². The summed E-state index contributed by atoms with van der Waals surface area (Å²) in [5, 5.41) is 0.556. The summed E-state index contributed by atoms with van der Waals surface area (Å²) in [5.74, 6) is -0.264. The van der Waals surface area contributed by atoms with Crippen molar-refractivity contribution in [2.75, 3.05) is 0 Å². The maximum Gasteiger partial charge on any atom is 0.131 e. The van der Waals surface area contributed by atoms with Crippen LogP contribution in [0.3, 0.4) is 0 Å². The van der Waals surface area contributed by atoms with Crippen LogP contribution in [0.5, 0.6) is 0 Å². The smallest absolute Gasteiger partial charge is 0.131 e. The summed E-state index contributed by atoms with van der Waals surface area (Å²) in [5.41, 5.74) is 7.86. The first-order valence-electron chi connectivity index (χ1n) is 5.36. The quantitative estimate of drug-likeness (QED) is 0.860. The Morgan fingerprint density at radius 3 is 2.41 bits per heavy atom. The molecule has 0 saturated heterocycles. The van der Waals surface area contributed by atoms with Crippen molar-refractivity contribution in [1.82, 2.24) is 0 Å². The molecule has 0 heterocycles. The van der Waals surface area contributed by atoms with Gasteiger partial charge in [-0.2, -0.15) is 0 Å². The Morgan fingerprint density at radius 2 is 1.71 bits per heavy atom. The van der Waals surface area contributed by atoms with Gasteiger partial charge in [0.15, 0.2) is 0 Å². The largest absolute Gasteiger partial charge is 0.320 e. The Bertz CT molecular complexity index is 539. The van der Waals surface area contributed by atoms with Crippen LogP contribution in [0.25, 0.3) is 0 Å². The maximum atomic E-state index is 13.9. The molecule has 0 amide bonds. The van der Waals surface area contributed by atoms with Crippen molar-refractivity contribution in [3.8, 4) is 0 Å². The van der Waals surface area contributed by atoms with E-state index in [1.165, 1.54) is 0 Å². The molecule has 17 heavy (non-hydrogen) atoms. The van der Waals surface area contributed by atoms with E-state index in [9.17, 15) is 4.39 Å². The summed E-state index contributed by atoms with van der Waals surface area (Å²) in [6, 6.07) is 11.9.